The van der Waals surface area contributed by atoms with E-state index in [1.807, 2.05) is 0 Å². The molecule has 0 N–H and O–H groups in total. The summed E-state index contributed by atoms with van der Waals surface area (Å²) in [6, 6.07) is 36.0. The first kappa shape index (κ1) is 17.0. The molecule has 0 spiro atoms. The van der Waals surface area contributed by atoms with Crippen LogP contribution in [0.5, 0.6) is 0 Å². The largest absolute Gasteiger partial charge is 0.0713 e. The summed E-state index contributed by atoms with van der Waals surface area (Å²) in [5, 5.41) is 0. The predicted molar refractivity (Wildman–Crippen MR) is 118 cm³/mol. The van der Waals surface area contributed by atoms with Gasteiger partial charge >= 0.3 is 0 Å². The first-order valence-electron chi connectivity index (χ1n) is 10.1. The third-order valence-corrected chi connectivity index (χ3v) is 6.18. The summed E-state index contributed by atoms with van der Waals surface area (Å²) in [5.41, 5.74) is 10.6. The average molecular weight is 361 g/mol. The van der Waals surface area contributed by atoms with Crippen LogP contribution in [0.25, 0.3) is 11.1 Å². The van der Waals surface area contributed by atoms with Crippen molar-refractivity contribution in [2.24, 2.45) is 0 Å². The standard InChI is InChI=1S/C28H24/c1-3-21-15-17-25-24-16-14-20(2)18-26(24)28(27(25)19-21,22-10-6-4-7-11-22)23-12-8-5-9-13-23/h4-19H,3H2,1-2H3. The van der Waals surface area contributed by atoms with Gasteiger partial charge in [0.25, 0.3) is 0 Å². The summed E-state index contributed by atoms with van der Waals surface area (Å²) < 4.78 is 0. The topological polar surface area (TPSA) is 0 Å². The quantitative estimate of drug-likeness (QED) is 0.327. The first-order chi connectivity index (χ1) is 13.7. The van der Waals surface area contributed by atoms with E-state index in [1.54, 1.807) is 0 Å². The average Bonchev–Trinajstić information content (AvgIpc) is 3.04. The van der Waals surface area contributed by atoms with Crippen LogP contribution in [0, 0.1) is 6.92 Å². The SMILES string of the molecule is CCc1ccc2c(c1)C(c1ccccc1)(c1ccccc1)c1cc(C)ccc1-2. The summed E-state index contributed by atoms with van der Waals surface area (Å²) >= 11 is 0. The van der Waals surface area contributed by atoms with E-state index in [2.05, 4.69) is 111 Å². The van der Waals surface area contributed by atoms with Gasteiger partial charge in [-0.05, 0) is 52.3 Å². The molecule has 0 bridgehead atoms. The minimum Gasteiger partial charge on any atom is -0.0622 e. The molecule has 28 heavy (non-hydrogen) atoms. The van der Waals surface area contributed by atoms with Crippen molar-refractivity contribution in [3.8, 4) is 11.1 Å². The molecule has 0 saturated heterocycles. The summed E-state index contributed by atoms with van der Waals surface area (Å²) in [7, 11) is 0. The highest BCUT2D eigenvalue weighted by molar-refractivity contribution is 5.86. The van der Waals surface area contributed by atoms with E-state index in [-0.39, 0.29) is 5.41 Å². The van der Waals surface area contributed by atoms with Gasteiger partial charge in [0, 0.05) is 0 Å². The molecule has 0 amide bonds. The third-order valence-electron chi connectivity index (χ3n) is 6.18. The second kappa shape index (κ2) is 6.49. The lowest BCUT2D eigenvalue weighted by molar-refractivity contribution is 0.765. The molecule has 136 valence electrons. The van der Waals surface area contributed by atoms with E-state index < -0.39 is 0 Å². The van der Waals surface area contributed by atoms with Gasteiger partial charge in [0.2, 0.25) is 0 Å². The highest BCUT2D eigenvalue weighted by atomic mass is 14.5. The fourth-order valence-corrected chi connectivity index (χ4v) is 4.87. The molecule has 5 rings (SSSR count). The van der Waals surface area contributed by atoms with Crippen LogP contribution in [-0.4, -0.2) is 0 Å². The lowest BCUT2D eigenvalue weighted by Crippen LogP contribution is -2.28. The Bertz CT molecular complexity index is 1100. The van der Waals surface area contributed by atoms with E-state index in [0.717, 1.165) is 6.42 Å². The fourth-order valence-electron chi connectivity index (χ4n) is 4.87. The van der Waals surface area contributed by atoms with Crippen molar-refractivity contribution in [3.05, 3.63) is 130 Å². The van der Waals surface area contributed by atoms with E-state index in [4.69, 9.17) is 0 Å². The monoisotopic (exact) mass is 360 g/mol. The number of fused-ring (bicyclic) bond motifs is 3. The minimum atomic E-state index is -0.273. The summed E-state index contributed by atoms with van der Waals surface area (Å²) in [4.78, 5) is 0. The molecule has 0 atom stereocenters. The number of hydrogen-bond donors (Lipinski definition) is 0. The van der Waals surface area contributed by atoms with Crippen molar-refractivity contribution >= 4 is 0 Å². The summed E-state index contributed by atoms with van der Waals surface area (Å²) in [6.07, 6.45) is 1.04. The van der Waals surface area contributed by atoms with Crippen molar-refractivity contribution in [2.45, 2.75) is 25.7 Å². The Hall–Kier alpha value is -3.12. The molecule has 1 aliphatic carbocycles. The first-order valence-corrected chi connectivity index (χ1v) is 10.1. The van der Waals surface area contributed by atoms with Crippen LogP contribution in [0.1, 0.15) is 40.3 Å². The normalized spacial score (nSPS) is 13.8. The maximum absolute atomic E-state index is 2.44. The lowest BCUT2D eigenvalue weighted by Gasteiger charge is -2.34. The second-order valence-electron chi connectivity index (χ2n) is 7.76. The molecule has 0 radical (unpaired) electrons. The van der Waals surface area contributed by atoms with Gasteiger partial charge in [0.05, 0.1) is 5.41 Å². The van der Waals surface area contributed by atoms with Gasteiger partial charge in [-0.1, -0.05) is 110 Å². The van der Waals surface area contributed by atoms with Crippen LogP contribution >= 0.6 is 0 Å². The van der Waals surface area contributed by atoms with Gasteiger partial charge in [-0.3, -0.25) is 0 Å². The third kappa shape index (κ3) is 2.31. The Balaban J connectivity index is 1.98. The van der Waals surface area contributed by atoms with E-state index in [0.29, 0.717) is 0 Å². The zero-order valence-electron chi connectivity index (χ0n) is 16.4. The maximum Gasteiger partial charge on any atom is 0.0713 e. The van der Waals surface area contributed by atoms with Gasteiger partial charge in [0.15, 0.2) is 0 Å². The van der Waals surface area contributed by atoms with Gasteiger partial charge in [0.1, 0.15) is 0 Å². The van der Waals surface area contributed by atoms with Crippen LogP contribution in [0.4, 0.5) is 0 Å². The molecular formula is C28H24. The lowest BCUT2D eigenvalue weighted by atomic mass is 9.67. The molecule has 0 heterocycles. The Morgan fingerprint density at radius 1 is 0.607 bits per heavy atom. The molecule has 0 heteroatoms. The Morgan fingerprint density at radius 3 is 1.71 bits per heavy atom. The Labute approximate surface area is 167 Å². The van der Waals surface area contributed by atoms with Crippen molar-refractivity contribution in [1.82, 2.24) is 0 Å². The molecule has 0 fully saturated rings. The second-order valence-corrected chi connectivity index (χ2v) is 7.76. The Morgan fingerprint density at radius 2 is 1.14 bits per heavy atom. The van der Waals surface area contributed by atoms with E-state index in [1.165, 1.54) is 44.5 Å². The van der Waals surface area contributed by atoms with Gasteiger partial charge < -0.3 is 0 Å². The van der Waals surface area contributed by atoms with Crippen LogP contribution in [-0.2, 0) is 11.8 Å². The van der Waals surface area contributed by atoms with Crippen LogP contribution < -0.4 is 0 Å². The smallest absolute Gasteiger partial charge is 0.0622 e. The van der Waals surface area contributed by atoms with Crippen LogP contribution in [0.2, 0.25) is 0 Å². The van der Waals surface area contributed by atoms with E-state index in [9.17, 15) is 0 Å². The number of rotatable bonds is 3. The number of aryl methyl sites for hydroxylation is 2. The molecule has 4 aromatic carbocycles. The molecular weight excluding hydrogens is 336 g/mol. The highest BCUT2D eigenvalue weighted by Gasteiger charge is 2.46. The molecule has 0 aromatic heterocycles. The summed E-state index contributed by atoms with van der Waals surface area (Å²) in [6.45, 7) is 4.43. The van der Waals surface area contributed by atoms with Crippen molar-refractivity contribution in [3.63, 3.8) is 0 Å². The van der Waals surface area contributed by atoms with E-state index >= 15 is 0 Å². The maximum atomic E-state index is 2.44. The van der Waals surface area contributed by atoms with Crippen molar-refractivity contribution < 1.29 is 0 Å². The van der Waals surface area contributed by atoms with Gasteiger partial charge in [-0.25, -0.2) is 0 Å². The van der Waals surface area contributed by atoms with Gasteiger partial charge in [-0.2, -0.15) is 0 Å². The van der Waals surface area contributed by atoms with Crippen molar-refractivity contribution in [2.75, 3.05) is 0 Å². The fraction of sp³-hybridized carbons (Fsp3) is 0.143. The Kier molecular flexibility index (Phi) is 3.94. The van der Waals surface area contributed by atoms with Crippen LogP contribution in [0.3, 0.4) is 0 Å². The highest BCUT2D eigenvalue weighted by Crippen LogP contribution is 2.56. The zero-order chi connectivity index (χ0) is 19.1. The molecule has 0 saturated carbocycles. The van der Waals surface area contributed by atoms with Gasteiger partial charge in [-0.15, -0.1) is 0 Å². The predicted octanol–water partition coefficient (Wildman–Crippen LogP) is 6.92. The molecule has 0 aliphatic heterocycles. The molecule has 1 aliphatic rings. The molecule has 4 aromatic rings. The molecule has 0 nitrogen and oxygen atoms in total. The number of benzene rings is 4. The molecule has 0 unspecified atom stereocenters. The number of hydrogen-bond acceptors (Lipinski definition) is 0. The minimum absolute atomic E-state index is 0.273. The zero-order valence-corrected chi connectivity index (χ0v) is 16.4. The van der Waals surface area contributed by atoms with Crippen molar-refractivity contribution in [1.29, 1.82) is 0 Å². The van der Waals surface area contributed by atoms with Crippen LogP contribution in [0.15, 0.2) is 97.1 Å². The summed E-state index contributed by atoms with van der Waals surface area (Å²) in [5.74, 6) is 0.